The van der Waals surface area contributed by atoms with Gasteiger partial charge in [0, 0.05) is 18.9 Å². The van der Waals surface area contributed by atoms with Crippen molar-refractivity contribution in [1.82, 2.24) is 10.2 Å². The number of carbonyl (C=O) groups is 3. The molecular formula is C25H25F3N2O5. The number of fused-ring (bicyclic) bond motifs is 3. The highest BCUT2D eigenvalue weighted by Gasteiger charge is 2.36. The minimum Gasteiger partial charge on any atom is -0.481 e. The first-order chi connectivity index (χ1) is 16.6. The number of nitrogens with one attached hydrogen (secondary N) is 1. The van der Waals surface area contributed by atoms with Gasteiger partial charge in [-0.05, 0) is 28.7 Å². The van der Waals surface area contributed by atoms with Gasteiger partial charge in [0.15, 0.2) is 0 Å². The Morgan fingerprint density at radius 2 is 1.66 bits per heavy atom. The number of aliphatic carboxylic acids is 1. The van der Waals surface area contributed by atoms with Gasteiger partial charge in [-0.25, -0.2) is 4.79 Å². The topological polar surface area (TPSA) is 95.9 Å². The number of carboxylic acids is 1. The molecule has 0 heterocycles. The van der Waals surface area contributed by atoms with E-state index in [4.69, 9.17) is 9.84 Å². The normalized spacial score (nSPS) is 13.3. The van der Waals surface area contributed by atoms with Crippen LogP contribution in [0.3, 0.4) is 0 Å². The minimum atomic E-state index is -4.68. The van der Waals surface area contributed by atoms with Gasteiger partial charge in [-0.1, -0.05) is 54.6 Å². The first-order valence-electron chi connectivity index (χ1n) is 10.9. The molecule has 7 nitrogen and oxygen atoms in total. The quantitative estimate of drug-likeness (QED) is 0.483. The summed E-state index contributed by atoms with van der Waals surface area (Å²) in [5.74, 6) is -2.59. The van der Waals surface area contributed by atoms with E-state index in [1.807, 2.05) is 48.5 Å². The second kappa shape index (κ2) is 11.1. The first-order valence-corrected chi connectivity index (χ1v) is 10.9. The lowest BCUT2D eigenvalue weighted by Gasteiger charge is -2.27. The third kappa shape index (κ3) is 6.62. The molecule has 35 heavy (non-hydrogen) atoms. The van der Waals surface area contributed by atoms with E-state index >= 15 is 0 Å². The van der Waals surface area contributed by atoms with Crippen molar-refractivity contribution in [3.8, 4) is 11.1 Å². The molecule has 2 N–H and O–H groups in total. The Bertz CT molecular complexity index is 1060. The van der Waals surface area contributed by atoms with Gasteiger partial charge in [0.05, 0.1) is 0 Å². The van der Waals surface area contributed by atoms with Gasteiger partial charge in [-0.15, -0.1) is 6.58 Å². The van der Waals surface area contributed by atoms with Gasteiger partial charge in [-0.2, -0.15) is 13.2 Å². The lowest BCUT2D eigenvalue weighted by atomic mass is 9.98. The van der Waals surface area contributed by atoms with Crippen molar-refractivity contribution < 1.29 is 37.4 Å². The summed E-state index contributed by atoms with van der Waals surface area (Å²) in [4.78, 5) is 36.8. The summed E-state index contributed by atoms with van der Waals surface area (Å²) in [6.45, 7) is 1.30. The van der Waals surface area contributed by atoms with E-state index < -0.39 is 56.1 Å². The molecule has 0 fully saturated rings. The van der Waals surface area contributed by atoms with Gasteiger partial charge in [-0.3, -0.25) is 9.59 Å². The average molecular weight is 490 g/mol. The van der Waals surface area contributed by atoms with Crippen molar-refractivity contribution in [2.45, 2.75) is 31.0 Å². The monoisotopic (exact) mass is 490 g/mol. The fraction of sp³-hybridized carbons (Fsp3) is 0.320. The van der Waals surface area contributed by atoms with Crippen LogP contribution in [0.5, 0.6) is 0 Å². The van der Waals surface area contributed by atoms with Gasteiger partial charge < -0.3 is 20.1 Å². The molecular weight excluding hydrogens is 465 g/mol. The summed E-state index contributed by atoms with van der Waals surface area (Å²) in [5.41, 5.74) is 3.95. The minimum absolute atomic E-state index is 0.0708. The van der Waals surface area contributed by atoms with Crippen molar-refractivity contribution >= 4 is 18.0 Å². The zero-order valence-electron chi connectivity index (χ0n) is 18.8. The van der Waals surface area contributed by atoms with Gasteiger partial charge in [0.2, 0.25) is 5.91 Å². The molecule has 1 aliphatic carbocycles. The Morgan fingerprint density at radius 1 is 1.09 bits per heavy atom. The summed E-state index contributed by atoms with van der Waals surface area (Å²) < 4.78 is 44.2. The van der Waals surface area contributed by atoms with E-state index in [0.717, 1.165) is 28.3 Å². The van der Waals surface area contributed by atoms with Crippen LogP contribution in [0, 0.1) is 0 Å². The van der Waals surface area contributed by atoms with Gasteiger partial charge in [0.25, 0.3) is 0 Å². The van der Waals surface area contributed by atoms with E-state index in [2.05, 4.69) is 11.9 Å². The first kappa shape index (κ1) is 25.8. The molecule has 3 rings (SSSR count). The molecule has 1 unspecified atom stereocenters. The number of amides is 2. The summed E-state index contributed by atoms with van der Waals surface area (Å²) in [5, 5.41) is 11.2. The molecule has 186 valence electrons. The Balaban J connectivity index is 1.71. The molecule has 2 aromatic rings. The molecule has 10 heteroatoms. The molecule has 0 radical (unpaired) electrons. The number of ether oxygens (including phenoxy) is 1. The van der Waals surface area contributed by atoms with Crippen molar-refractivity contribution in [2.24, 2.45) is 0 Å². The molecule has 0 saturated carbocycles. The van der Waals surface area contributed by atoms with Crippen molar-refractivity contribution in [3.05, 3.63) is 72.3 Å². The average Bonchev–Trinajstić information content (AvgIpc) is 3.12. The molecule has 1 aliphatic rings. The van der Waals surface area contributed by atoms with Crippen LogP contribution in [0.4, 0.5) is 18.0 Å². The smallest absolute Gasteiger partial charge is 0.407 e. The standard InChI is InChI=1S/C25H25F3N2O5/c1-2-13-30(15-25(26,27)28)23(33)21(11-12-22(31)32)29-24(34)35-14-20-18-9-5-3-7-16(18)17-8-4-6-10-19(17)20/h2-10,20-21H,1,11-15H2,(H,29,34)(H,31,32). The highest BCUT2D eigenvalue weighted by atomic mass is 19.4. The van der Waals surface area contributed by atoms with Crippen LogP contribution in [0.2, 0.25) is 0 Å². The second-order valence-corrected chi connectivity index (χ2v) is 8.08. The molecule has 2 amide bonds. The zero-order valence-corrected chi connectivity index (χ0v) is 18.8. The van der Waals surface area contributed by atoms with Crippen LogP contribution in [0.1, 0.15) is 29.9 Å². The number of rotatable bonds is 10. The number of hydrogen-bond acceptors (Lipinski definition) is 4. The molecule has 0 spiro atoms. The van der Waals surface area contributed by atoms with E-state index in [9.17, 15) is 27.6 Å². The third-order valence-electron chi connectivity index (χ3n) is 5.61. The predicted octanol–water partition coefficient (Wildman–Crippen LogP) is 4.34. The maximum absolute atomic E-state index is 12.9. The zero-order chi connectivity index (χ0) is 25.6. The van der Waals surface area contributed by atoms with Crippen LogP contribution in [-0.2, 0) is 14.3 Å². The maximum atomic E-state index is 12.9. The third-order valence-corrected chi connectivity index (χ3v) is 5.61. The highest BCUT2D eigenvalue weighted by Crippen LogP contribution is 2.44. The van der Waals surface area contributed by atoms with E-state index in [1.54, 1.807) is 0 Å². The van der Waals surface area contributed by atoms with Crippen LogP contribution >= 0.6 is 0 Å². The summed E-state index contributed by atoms with van der Waals surface area (Å²) in [6.07, 6.45) is -5.52. The number of benzene rings is 2. The molecule has 0 saturated heterocycles. The van der Waals surface area contributed by atoms with E-state index in [0.29, 0.717) is 4.90 Å². The Morgan fingerprint density at radius 3 is 2.17 bits per heavy atom. The number of alkyl halides is 3. The number of hydrogen-bond donors (Lipinski definition) is 2. The Hall–Kier alpha value is -3.82. The molecule has 1 atom stereocenters. The number of carboxylic acid groups (broad SMARTS) is 1. The van der Waals surface area contributed by atoms with E-state index in [1.165, 1.54) is 0 Å². The van der Waals surface area contributed by atoms with Gasteiger partial charge in [0.1, 0.15) is 19.2 Å². The number of carbonyl (C=O) groups excluding carboxylic acids is 2. The van der Waals surface area contributed by atoms with Crippen molar-refractivity contribution in [1.29, 1.82) is 0 Å². The fourth-order valence-corrected chi connectivity index (χ4v) is 4.13. The van der Waals surface area contributed by atoms with Crippen LogP contribution in [0.15, 0.2) is 61.2 Å². The summed E-state index contributed by atoms with van der Waals surface area (Å²) in [7, 11) is 0. The van der Waals surface area contributed by atoms with Gasteiger partial charge >= 0.3 is 18.2 Å². The van der Waals surface area contributed by atoms with Crippen molar-refractivity contribution in [2.75, 3.05) is 19.7 Å². The Labute approximate surface area is 200 Å². The largest absolute Gasteiger partial charge is 0.481 e. The van der Waals surface area contributed by atoms with Crippen LogP contribution in [0.25, 0.3) is 11.1 Å². The lowest BCUT2D eigenvalue weighted by molar-refractivity contribution is -0.161. The number of halogens is 3. The summed E-state index contributed by atoms with van der Waals surface area (Å²) in [6, 6.07) is 13.8. The molecule has 0 bridgehead atoms. The molecule has 2 aromatic carbocycles. The number of alkyl carbamates (subject to hydrolysis) is 1. The summed E-state index contributed by atoms with van der Waals surface area (Å²) >= 11 is 0. The van der Waals surface area contributed by atoms with Crippen LogP contribution in [-0.4, -0.2) is 59.9 Å². The molecule has 0 aromatic heterocycles. The second-order valence-electron chi connectivity index (χ2n) is 8.08. The SMILES string of the molecule is C=CCN(CC(F)(F)F)C(=O)C(CCC(=O)O)NC(=O)OCC1c2ccccc2-c2ccccc21. The fourth-order valence-electron chi connectivity index (χ4n) is 4.13. The van der Waals surface area contributed by atoms with E-state index in [-0.39, 0.29) is 12.5 Å². The predicted molar refractivity (Wildman–Crippen MR) is 122 cm³/mol. The Kier molecular flexibility index (Phi) is 8.16. The van der Waals surface area contributed by atoms with Crippen LogP contribution < -0.4 is 5.32 Å². The highest BCUT2D eigenvalue weighted by molar-refractivity contribution is 5.86. The van der Waals surface area contributed by atoms with Crippen molar-refractivity contribution in [3.63, 3.8) is 0 Å². The maximum Gasteiger partial charge on any atom is 0.407 e. The number of nitrogens with zero attached hydrogens (tertiary/aromatic N) is 1. The lowest BCUT2D eigenvalue weighted by Crippen LogP contribution is -2.51. The molecule has 0 aliphatic heterocycles.